The molecule has 11 rings (SSSR count). The average molecular weight is 934 g/mol. The molecule has 360 valence electrons. The molecule has 5 heteroatoms. The fourth-order valence-corrected chi connectivity index (χ4v) is 15.9. The zero-order valence-electron chi connectivity index (χ0n) is 45.2. The molecule has 0 bridgehead atoms. The summed E-state index contributed by atoms with van der Waals surface area (Å²) in [5, 5.41) is 0. The molecule has 0 radical (unpaired) electrons. The summed E-state index contributed by atoms with van der Waals surface area (Å²) in [5.41, 5.74) is 21.1. The molecule has 3 nitrogen and oxygen atoms in total. The third kappa shape index (κ3) is 6.80. The molecule has 2 aliphatic carbocycles. The summed E-state index contributed by atoms with van der Waals surface area (Å²) in [6.45, 7) is 39.0. The van der Waals surface area contributed by atoms with E-state index in [1.54, 1.807) is 16.1 Å². The first-order chi connectivity index (χ1) is 32.2. The van der Waals surface area contributed by atoms with Crippen molar-refractivity contribution in [2.45, 2.75) is 200 Å². The van der Waals surface area contributed by atoms with Gasteiger partial charge in [0.2, 0.25) is 0 Å². The van der Waals surface area contributed by atoms with E-state index in [1.807, 2.05) is 0 Å². The summed E-state index contributed by atoms with van der Waals surface area (Å²) in [6, 6.07) is 39.5. The average Bonchev–Trinajstić information content (AvgIpc) is 3.65. The highest BCUT2D eigenvalue weighted by molar-refractivity contribution is 8.06. The van der Waals surface area contributed by atoms with Crippen molar-refractivity contribution in [1.29, 1.82) is 0 Å². The van der Waals surface area contributed by atoms with Gasteiger partial charge in [0.05, 0.1) is 5.54 Å². The highest BCUT2D eigenvalue weighted by Gasteiger charge is 2.65. The van der Waals surface area contributed by atoms with E-state index in [0.717, 1.165) is 0 Å². The van der Waals surface area contributed by atoms with Crippen LogP contribution in [0.15, 0.2) is 108 Å². The molecule has 6 aliphatic rings. The van der Waals surface area contributed by atoms with Crippen molar-refractivity contribution < 1.29 is 0 Å². The van der Waals surface area contributed by atoms with E-state index >= 15 is 0 Å². The fourth-order valence-electron chi connectivity index (χ4n) is 14.0. The van der Waals surface area contributed by atoms with Crippen LogP contribution in [-0.4, -0.2) is 17.0 Å². The van der Waals surface area contributed by atoms with E-state index in [1.165, 1.54) is 124 Å². The third-order valence-corrected chi connectivity index (χ3v) is 20.6. The minimum Gasteiger partial charge on any atom is -0.335 e. The van der Waals surface area contributed by atoms with E-state index in [9.17, 15) is 0 Å². The van der Waals surface area contributed by atoms with E-state index in [4.69, 9.17) is 0 Å². The number of nitrogens with zero attached hydrogens (tertiary/aromatic N) is 3. The van der Waals surface area contributed by atoms with Gasteiger partial charge in [-0.1, -0.05) is 159 Å². The van der Waals surface area contributed by atoms with Gasteiger partial charge in [-0.2, -0.15) is 0 Å². The Hall–Kier alpha value is -4.35. The molecule has 5 aromatic rings. The van der Waals surface area contributed by atoms with Gasteiger partial charge >= 0.3 is 0 Å². The van der Waals surface area contributed by atoms with Crippen molar-refractivity contribution in [3.8, 4) is 0 Å². The largest absolute Gasteiger partial charge is 0.335 e. The number of hydrogen-bond acceptors (Lipinski definition) is 4. The van der Waals surface area contributed by atoms with E-state index in [2.05, 4.69) is 234 Å². The molecular formula is C64H80BN3S. The van der Waals surface area contributed by atoms with Crippen LogP contribution < -0.4 is 25.6 Å². The maximum atomic E-state index is 2.95. The Balaban J connectivity index is 1.24. The van der Waals surface area contributed by atoms with Gasteiger partial charge in [0, 0.05) is 61.1 Å². The predicted molar refractivity (Wildman–Crippen MR) is 302 cm³/mol. The normalized spacial score (nSPS) is 26.1. The quantitative estimate of drug-likeness (QED) is 0.166. The molecule has 69 heavy (non-hydrogen) atoms. The number of hydrogen-bond donors (Lipinski definition) is 0. The van der Waals surface area contributed by atoms with E-state index in [0.29, 0.717) is 0 Å². The van der Waals surface area contributed by atoms with Gasteiger partial charge in [0.25, 0.3) is 6.71 Å². The van der Waals surface area contributed by atoms with Gasteiger partial charge < -0.3 is 14.7 Å². The van der Waals surface area contributed by atoms with Gasteiger partial charge in [-0.3, -0.25) is 0 Å². The van der Waals surface area contributed by atoms with Crippen LogP contribution in [0.25, 0.3) is 0 Å². The van der Waals surface area contributed by atoms with Crippen LogP contribution in [0.2, 0.25) is 0 Å². The van der Waals surface area contributed by atoms with Crippen LogP contribution in [0.5, 0.6) is 0 Å². The molecule has 0 N–H and O–H groups in total. The molecule has 0 amide bonds. The number of allylic oxidation sites excluding steroid dienone is 1. The smallest absolute Gasteiger partial charge is 0.259 e. The lowest BCUT2D eigenvalue weighted by Gasteiger charge is -2.53. The van der Waals surface area contributed by atoms with Crippen LogP contribution in [0.4, 0.5) is 39.8 Å². The van der Waals surface area contributed by atoms with Gasteiger partial charge in [-0.05, 0) is 165 Å². The monoisotopic (exact) mass is 934 g/mol. The second-order valence-electron chi connectivity index (χ2n) is 27.3. The minimum absolute atomic E-state index is 0.00301. The first kappa shape index (κ1) is 47.0. The second kappa shape index (κ2) is 15.1. The predicted octanol–water partition coefficient (Wildman–Crippen LogP) is 17.0. The maximum absolute atomic E-state index is 2.95. The summed E-state index contributed by atoms with van der Waals surface area (Å²) < 4.78 is 0.0913. The van der Waals surface area contributed by atoms with Gasteiger partial charge in [0.1, 0.15) is 0 Å². The molecule has 5 aromatic carbocycles. The molecule has 4 heterocycles. The Morgan fingerprint density at radius 3 is 1.52 bits per heavy atom. The standard InChI is InChI=1S/C64H80BN3S/c1-57(2,3)41-21-27-45(28-22-41)66(46-29-23-42(24-30-46)58(4,5)6)48-39-49-54-50(40-48)65-53-51(37-44(60(10,11)12)38-52(53)68(54)63(15)35-19-17-33-61(49,63)13)67(47-31-25-43(26-32-47)59(7,8)9)55-56(65)69-64(16)36-20-18-34-62(55,64)14/h21-32,37-40H,17-20,33-36H2,1-16H3. The van der Waals surface area contributed by atoms with Gasteiger partial charge in [-0.15, -0.1) is 11.8 Å². The zero-order valence-corrected chi connectivity index (χ0v) is 46.0. The Morgan fingerprint density at radius 2 is 0.986 bits per heavy atom. The maximum Gasteiger partial charge on any atom is 0.259 e. The number of benzene rings is 5. The summed E-state index contributed by atoms with van der Waals surface area (Å²) in [6.07, 6.45) is 9.90. The second-order valence-corrected chi connectivity index (χ2v) is 28.9. The summed E-state index contributed by atoms with van der Waals surface area (Å²) in [5.74, 6) is 0. The molecular weight excluding hydrogens is 854 g/mol. The number of rotatable bonds is 4. The molecule has 0 spiro atoms. The molecule has 4 unspecified atom stereocenters. The number of fused-ring (bicyclic) bond motifs is 8. The van der Waals surface area contributed by atoms with Crippen molar-refractivity contribution in [2.75, 3.05) is 14.7 Å². The molecule has 2 saturated carbocycles. The number of thioether (sulfide) groups is 1. The van der Waals surface area contributed by atoms with E-state index in [-0.39, 0.29) is 49.5 Å². The van der Waals surface area contributed by atoms with Gasteiger partial charge in [0.15, 0.2) is 0 Å². The van der Waals surface area contributed by atoms with Crippen LogP contribution in [0, 0.1) is 5.41 Å². The first-order valence-corrected chi connectivity index (χ1v) is 27.5. The Labute approximate surface area is 422 Å². The Kier molecular flexibility index (Phi) is 10.3. The van der Waals surface area contributed by atoms with Crippen LogP contribution in [0.1, 0.15) is 190 Å². The number of anilines is 7. The summed E-state index contributed by atoms with van der Waals surface area (Å²) >= 11 is 2.27. The van der Waals surface area contributed by atoms with Crippen LogP contribution in [0.3, 0.4) is 0 Å². The lowest BCUT2D eigenvalue weighted by molar-refractivity contribution is 0.195. The van der Waals surface area contributed by atoms with Crippen molar-refractivity contribution in [2.24, 2.45) is 5.41 Å². The Morgan fingerprint density at radius 1 is 0.507 bits per heavy atom. The topological polar surface area (TPSA) is 9.72 Å². The SMILES string of the molecule is CC(C)(C)c1ccc(N2C3=C(SC4(C)CCCCC34C)B3c4cc(N(c5ccc(C(C)(C)C)cc5)c5ccc(C(C)(C)C)cc5)cc5c4N(c4cc(C(C)(C)C)cc2c43)C2(C)CCCCC52C)cc1. The van der Waals surface area contributed by atoms with Crippen molar-refractivity contribution in [3.05, 3.63) is 135 Å². The summed E-state index contributed by atoms with van der Waals surface area (Å²) in [7, 11) is 0. The molecule has 2 fully saturated rings. The Bertz CT molecular complexity index is 2860. The molecule has 0 saturated heterocycles. The van der Waals surface area contributed by atoms with Gasteiger partial charge in [-0.25, -0.2) is 0 Å². The summed E-state index contributed by atoms with van der Waals surface area (Å²) in [4.78, 5) is 9.98. The molecule has 0 aromatic heterocycles. The first-order valence-electron chi connectivity index (χ1n) is 26.7. The van der Waals surface area contributed by atoms with Crippen LogP contribution >= 0.6 is 11.8 Å². The minimum atomic E-state index is -0.0909. The molecule has 4 atom stereocenters. The fraction of sp³-hybridized carbons (Fsp3) is 0.500. The van der Waals surface area contributed by atoms with Crippen molar-refractivity contribution in [3.63, 3.8) is 0 Å². The lowest BCUT2D eigenvalue weighted by Crippen LogP contribution is -2.61. The lowest BCUT2D eigenvalue weighted by atomic mass is 9.36. The molecule has 4 aliphatic heterocycles. The zero-order chi connectivity index (χ0) is 49.2. The van der Waals surface area contributed by atoms with Crippen molar-refractivity contribution >= 4 is 69.2 Å². The third-order valence-electron chi connectivity index (χ3n) is 18.9. The van der Waals surface area contributed by atoms with E-state index < -0.39 is 0 Å². The van der Waals surface area contributed by atoms with Crippen LogP contribution in [-0.2, 0) is 27.1 Å². The highest BCUT2D eigenvalue weighted by atomic mass is 32.2. The highest BCUT2D eigenvalue weighted by Crippen LogP contribution is 2.70. The van der Waals surface area contributed by atoms with Crippen molar-refractivity contribution in [1.82, 2.24) is 0 Å².